The van der Waals surface area contributed by atoms with E-state index in [4.69, 9.17) is 4.74 Å². The number of ether oxygens (including phenoxy) is 1. The molecule has 2 heterocycles. The van der Waals surface area contributed by atoms with Crippen LogP contribution in [-0.2, 0) is 28.7 Å². The van der Waals surface area contributed by atoms with Crippen molar-refractivity contribution in [3.63, 3.8) is 0 Å². The first kappa shape index (κ1) is 24.2. The SMILES string of the molecule is O=C(O[C@H](C(=O)Nc1cccc(C(F)(F)F)c1)c1ccccc1)c1ccc2c(=O)n3c(nc2c1)CCC3. The quantitative estimate of drug-likeness (QED) is 0.388. The lowest BCUT2D eigenvalue weighted by molar-refractivity contribution is -0.137. The number of anilines is 1. The average Bonchev–Trinajstić information content (AvgIpc) is 3.36. The molecule has 1 aliphatic rings. The second-order valence-electron chi connectivity index (χ2n) is 8.58. The lowest BCUT2D eigenvalue weighted by Gasteiger charge is -2.19. The number of aryl methyl sites for hydroxylation is 1. The molecular weight excluding hydrogens is 487 g/mol. The first-order chi connectivity index (χ1) is 17.7. The molecule has 0 aliphatic carbocycles. The molecule has 1 aliphatic heterocycles. The molecule has 10 heteroatoms. The maximum absolute atomic E-state index is 13.1. The Morgan fingerprint density at radius 1 is 1.00 bits per heavy atom. The van der Waals surface area contributed by atoms with Crippen LogP contribution in [0.15, 0.2) is 77.6 Å². The molecule has 5 rings (SSSR count). The monoisotopic (exact) mass is 507 g/mol. The van der Waals surface area contributed by atoms with Crippen LogP contribution in [0.3, 0.4) is 0 Å². The van der Waals surface area contributed by atoms with Crippen molar-refractivity contribution < 1.29 is 27.5 Å². The summed E-state index contributed by atoms with van der Waals surface area (Å²) in [5, 5.41) is 2.77. The Morgan fingerprint density at radius 2 is 1.78 bits per heavy atom. The van der Waals surface area contributed by atoms with Gasteiger partial charge in [0.25, 0.3) is 11.5 Å². The Hall–Kier alpha value is -4.47. The van der Waals surface area contributed by atoms with Crippen LogP contribution in [0.1, 0.15) is 39.8 Å². The predicted octanol–water partition coefficient (Wildman–Crippen LogP) is 4.90. The molecule has 0 saturated heterocycles. The number of aromatic nitrogens is 2. The van der Waals surface area contributed by atoms with Crippen molar-refractivity contribution in [3.8, 4) is 0 Å². The summed E-state index contributed by atoms with van der Waals surface area (Å²) in [4.78, 5) is 43.4. The number of hydrogen-bond donors (Lipinski definition) is 1. The van der Waals surface area contributed by atoms with Crippen molar-refractivity contribution in [2.75, 3.05) is 5.32 Å². The number of amides is 1. The van der Waals surface area contributed by atoms with Gasteiger partial charge in [-0.25, -0.2) is 9.78 Å². The normalized spacial score (nSPS) is 13.7. The molecule has 4 aromatic rings. The van der Waals surface area contributed by atoms with E-state index in [1.54, 1.807) is 34.9 Å². The number of alkyl halides is 3. The predicted molar refractivity (Wildman–Crippen MR) is 129 cm³/mol. The molecule has 0 fully saturated rings. The van der Waals surface area contributed by atoms with E-state index in [1.807, 2.05) is 0 Å². The molecule has 0 radical (unpaired) electrons. The summed E-state index contributed by atoms with van der Waals surface area (Å²) in [5.41, 5.74) is -0.451. The molecule has 0 unspecified atom stereocenters. The van der Waals surface area contributed by atoms with Crippen molar-refractivity contribution >= 4 is 28.5 Å². The van der Waals surface area contributed by atoms with Crippen molar-refractivity contribution in [1.82, 2.24) is 9.55 Å². The topological polar surface area (TPSA) is 90.3 Å². The maximum Gasteiger partial charge on any atom is 0.416 e. The average molecular weight is 507 g/mol. The zero-order chi connectivity index (χ0) is 26.2. The first-order valence-corrected chi connectivity index (χ1v) is 11.5. The summed E-state index contributed by atoms with van der Waals surface area (Å²) in [5.74, 6) is -1.03. The Morgan fingerprint density at radius 3 is 2.54 bits per heavy atom. The Bertz CT molecular complexity index is 1570. The van der Waals surface area contributed by atoms with E-state index in [-0.39, 0.29) is 16.8 Å². The number of benzene rings is 3. The van der Waals surface area contributed by atoms with Crippen molar-refractivity contribution in [2.45, 2.75) is 31.7 Å². The number of nitrogens with zero attached hydrogens (tertiary/aromatic N) is 2. The second kappa shape index (κ2) is 9.53. The fourth-order valence-corrected chi connectivity index (χ4v) is 4.27. The highest BCUT2D eigenvalue weighted by molar-refractivity contribution is 5.99. The number of fused-ring (bicyclic) bond motifs is 2. The van der Waals surface area contributed by atoms with Crippen LogP contribution in [0.5, 0.6) is 0 Å². The van der Waals surface area contributed by atoms with Gasteiger partial charge in [-0.05, 0) is 42.8 Å². The molecule has 1 aromatic heterocycles. The van der Waals surface area contributed by atoms with Gasteiger partial charge in [0.15, 0.2) is 0 Å². The van der Waals surface area contributed by atoms with Crippen LogP contribution < -0.4 is 10.9 Å². The Balaban J connectivity index is 1.43. The maximum atomic E-state index is 13.1. The number of hydrogen-bond acceptors (Lipinski definition) is 5. The van der Waals surface area contributed by atoms with Crippen LogP contribution in [0.2, 0.25) is 0 Å². The molecule has 0 saturated carbocycles. The van der Waals surface area contributed by atoms with Gasteiger partial charge in [0.05, 0.1) is 22.0 Å². The van der Waals surface area contributed by atoms with Gasteiger partial charge < -0.3 is 10.1 Å². The minimum Gasteiger partial charge on any atom is -0.444 e. The Kier molecular flexibility index (Phi) is 6.24. The van der Waals surface area contributed by atoms with Crippen molar-refractivity contribution in [1.29, 1.82) is 0 Å². The van der Waals surface area contributed by atoms with E-state index in [1.165, 1.54) is 30.3 Å². The fourth-order valence-electron chi connectivity index (χ4n) is 4.27. The molecule has 3 aromatic carbocycles. The van der Waals surface area contributed by atoms with Crippen LogP contribution in [0, 0.1) is 0 Å². The number of esters is 1. The molecule has 0 bridgehead atoms. The third-order valence-corrected chi connectivity index (χ3v) is 6.07. The van der Waals surface area contributed by atoms with E-state index in [0.29, 0.717) is 35.3 Å². The number of carbonyl (C=O) groups is 2. The molecule has 0 spiro atoms. The molecule has 37 heavy (non-hydrogen) atoms. The van der Waals surface area contributed by atoms with Crippen molar-refractivity contribution in [3.05, 3.63) is 106 Å². The Labute approximate surface area is 208 Å². The van der Waals surface area contributed by atoms with E-state index >= 15 is 0 Å². The number of nitrogens with one attached hydrogen (secondary N) is 1. The molecule has 1 amide bonds. The summed E-state index contributed by atoms with van der Waals surface area (Å²) in [6.07, 6.45) is -4.56. The third-order valence-electron chi connectivity index (χ3n) is 6.07. The lowest BCUT2D eigenvalue weighted by atomic mass is 10.1. The zero-order valence-electron chi connectivity index (χ0n) is 19.3. The summed E-state index contributed by atoms with van der Waals surface area (Å²) in [6, 6.07) is 16.6. The van der Waals surface area contributed by atoms with Gasteiger partial charge in [0.1, 0.15) is 5.82 Å². The number of rotatable bonds is 5. The van der Waals surface area contributed by atoms with Gasteiger partial charge in [0.2, 0.25) is 6.10 Å². The van der Waals surface area contributed by atoms with Gasteiger partial charge >= 0.3 is 12.1 Å². The summed E-state index contributed by atoms with van der Waals surface area (Å²) in [6.45, 7) is 0.598. The minimum absolute atomic E-state index is 0.0788. The van der Waals surface area contributed by atoms with Crippen molar-refractivity contribution in [2.24, 2.45) is 0 Å². The molecular formula is C27H20F3N3O4. The standard InChI is InChI=1S/C27H20F3N3O4/c28-27(29,30)18-8-4-9-19(15-18)31-24(34)23(16-6-2-1-3-7-16)37-26(36)17-11-12-20-21(14-17)32-22-10-5-13-33(22)25(20)35/h1-4,6-9,11-12,14-15,23H,5,10,13H2,(H,31,34)/t23-/m0/s1. The number of halogens is 3. The van der Waals surface area contributed by atoms with Crippen LogP contribution in [0.25, 0.3) is 10.9 Å². The van der Waals surface area contributed by atoms with E-state index in [2.05, 4.69) is 10.3 Å². The molecule has 1 N–H and O–H groups in total. The number of carbonyl (C=O) groups excluding carboxylic acids is 2. The first-order valence-electron chi connectivity index (χ1n) is 11.5. The van der Waals surface area contributed by atoms with Gasteiger partial charge in [0, 0.05) is 24.2 Å². The second-order valence-corrected chi connectivity index (χ2v) is 8.58. The van der Waals surface area contributed by atoms with Gasteiger partial charge in [-0.2, -0.15) is 13.2 Å². The van der Waals surface area contributed by atoms with Crippen LogP contribution in [-0.4, -0.2) is 21.4 Å². The lowest BCUT2D eigenvalue weighted by Crippen LogP contribution is -2.26. The fraction of sp³-hybridized carbons (Fsp3) is 0.185. The summed E-state index contributed by atoms with van der Waals surface area (Å²) >= 11 is 0. The smallest absolute Gasteiger partial charge is 0.416 e. The highest BCUT2D eigenvalue weighted by Crippen LogP contribution is 2.31. The minimum atomic E-state index is -4.58. The third kappa shape index (κ3) is 4.95. The van der Waals surface area contributed by atoms with Gasteiger partial charge in [-0.3, -0.25) is 14.2 Å². The van der Waals surface area contributed by atoms with E-state index in [9.17, 15) is 27.6 Å². The summed E-state index contributed by atoms with van der Waals surface area (Å²) in [7, 11) is 0. The highest BCUT2D eigenvalue weighted by atomic mass is 19.4. The van der Waals surface area contributed by atoms with Gasteiger partial charge in [-0.15, -0.1) is 0 Å². The van der Waals surface area contributed by atoms with E-state index in [0.717, 1.165) is 18.6 Å². The summed E-state index contributed by atoms with van der Waals surface area (Å²) < 4.78 is 46.4. The largest absolute Gasteiger partial charge is 0.444 e. The van der Waals surface area contributed by atoms with E-state index < -0.39 is 29.7 Å². The molecule has 188 valence electrons. The zero-order valence-corrected chi connectivity index (χ0v) is 19.3. The molecule has 7 nitrogen and oxygen atoms in total. The van der Waals surface area contributed by atoms with Crippen LogP contribution in [0.4, 0.5) is 18.9 Å². The van der Waals surface area contributed by atoms with Gasteiger partial charge in [-0.1, -0.05) is 36.4 Å². The highest BCUT2D eigenvalue weighted by Gasteiger charge is 2.31. The molecule has 1 atom stereocenters. The van der Waals surface area contributed by atoms with Crippen LogP contribution >= 0.6 is 0 Å².